The molecule has 0 saturated carbocycles. The van der Waals surface area contributed by atoms with Crippen LogP contribution in [0.5, 0.6) is 0 Å². The van der Waals surface area contributed by atoms with E-state index in [1.54, 1.807) is 4.88 Å². The molecule has 3 rings (SSSR count). The maximum atomic E-state index is 5.39. The molecule has 0 aromatic carbocycles. The van der Waals surface area contributed by atoms with Crippen LogP contribution < -0.4 is 0 Å². The molecule has 3 nitrogen and oxygen atoms in total. The van der Waals surface area contributed by atoms with Crippen LogP contribution in [-0.4, -0.2) is 36.2 Å². The SMILES string of the molecule is C1CCCc2sc(CN3CCOCC3)nc2CC1. The predicted molar refractivity (Wildman–Crippen MR) is 74.1 cm³/mol. The summed E-state index contributed by atoms with van der Waals surface area (Å²) >= 11 is 1.96. The maximum Gasteiger partial charge on any atom is 0.107 e. The lowest BCUT2D eigenvalue weighted by Crippen LogP contribution is -2.35. The first kappa shape index (κ1) is 12.6. The molecule has 0 bridgehead atoms. The van der Waals surface area contributed by atoms with Gasteiger partial charge in [0.2, 0.25) is 0 Å². The van der Waals surface area contributed by atoms with Gasteiger partial charge in [0.05, 0.1) is 25.5 Å². The Morgan fingerprint density at radius 2 is 1.83 bits per heavy atom. The molecular formula is C14H22N2OS. The van der Waals surface area contributed by atoms with Crippen molar-refractivity contribution in [3.63, 3.8) is 0 Å². The number of hydrogen-bond donors (Lipinski definition) is 0. The molecule has 1 aliphatic carbocycles. The second-order valence-electron chi connectivity index (χ2n) is 5.28. The van der Waals surface area contributed by atoms with Gasteiger partial charge in [0.15, 0.2) is 0 Å². The van der Waals surface area contributed by atoms with Gasteiger partial charge in [0, 0.05) is 18.0 Å². The third-order valence-electron chi connectivity index (χ3n) is 3.85. The first-order valence-electron chi connectivity index (χ1n) is 7.19. The Morgan fingerprint density at radius 3 is 2.67 bits per heavy atom. The van der Waals surface area contributed by atoms with E-state index in [4.69, 9.17) is 9.72 Å². The molecule has 0 atom stereocenters. The van der Waals surface area contributed by atoms with E-state index in [1.165, 1.54) is 49.2 Å². The van der Waals surface area contributed by atoms with Crippen LogP contribution in [0.4, 0.5) is 0 Å². The van der Waals surface area contributed by atoms with Gasteiger partial charge in [-0.2, -0.15) is 0 Å². The van der Waals surface area contributed by atoms with Crippen LogP contribution >= 0.6 is 11.3 Å². The molecule has 1 saturated heterocycles. The number of nitrogens with zero attached hydrogens (tertiary/aromatic N) is 2. The second kappa shape index (κ2) is 6.13. The van der Waals surface area contributed by atoms with Gasteiger partial charge in [-0.3, -0.25) is 4.90 Å². The molecule has 100 valence electrons. The monoisotopic (exact) mass is 266 g/mol. The van der Waals surface area contributed by atoms with Gasteiger partial charge >= 0.3 is 0 Å². The fourth-order valence-corrected chi connectivity index (χ4v) is 3.98. The van der Waals surface area contributed by atoms with Crippen molar-refractivity contribution in [3.8, 4) is 0 Å². The van der Waals surface area contributed by atoms with Crippen molar-refractivity contribution in [1.29, 1.82) is 0 Å². The lowest BCUT2D eigenvalue weighted by Gasteiger charge is -2.25. The van der Waals surface area contributed by atoms with Crippen molar-refractivity contribution >= 4 is 11.3 Å². The van der Waals surface area contributed by atoms with Crippen molar-refractivity contribution in [1.82, 2.24) is 9.88 Å². The first-order valence-corrected chi connectivity index (χ1v) is 8.01. The fourth-order valence-electron chi connectivity index (χ4n) is 2.78. The van der Waals surface area contributed by atoms with E-state index < -0.39 is 0 Å². The molecule has 0 amide bonds. The summed E-state index contributed by atoms with van der Waals surface area (Å²) < 4.78 is 5.39. The maximum absolute atomic E-state index is 5.39. The number of thiazole rings is 1. The van der Waals surface area contributed by atoms with Crippen molar-refractivity contribution in [2.45, 2.75) is 45.1 Å². The molecule has 0 N–H and O–H groups in total. The van der Waals surface area contributed by atoms with E-state index in [0.29, 0.717) is 0 Å². The highest BCUT2D eigenvalue weighted by Crippen LogP contribution is 2.26. The molecule has 1 aromatic rings. The lowest BCUT2D eigenvalue weighted by atomic mass is 10.0. The second-order valence-corrected chi connectivity index (χ2v) is 6.45. The summed E-state index contributed by atoms with van der Waals surface area (Å²) in [5.41, 5.74) is 1.41. The topological polar surface area (TPSA) is 25.4 Å². The molecule has 18 heavy (non-hydrogen) atoms. The van der Waals surface area contributed by atoms with Gasteiger partial charge in [-0.05, 0) is 25.7 Å². The number of rotatable bonds is 2. The summed E-state index contributed by atoms with van der Waals surface area (Å²) in [6.07, 6.45) is 7.93. The number of ether oxygens (including phenoxy) is 1. The summed E-state index contributed by atoms with van der Waals surface area (Å²) in [5.74, 6) is 0. The Labute approximate surface area is 113 Å². The van der Waals surface area contributed by atoms with Gasteiger partial charge in [-0.1, -0.05) is 12.8 Å². The van der Waals surface area contributed by atoms with Crippen molar-refractivity contribution in [2.75, 3.05) is 26.3 Å². The lowest BCUT2D eigenvalue weighted by molar-refractivity contribution is 0.0341. The number of morpholine rings is 1. The van der Waals surface area contributed by atoms with E-state index in [1.807, 2.05) is 11.3 Å². The van der Waals surface area contributed by atoms with Crippen LogP contribution in [-0.2, 0) is 24.1 Å². The largest absolute Gasteiger partial charge is 0.379 e. The quantitative estimate of drug-likeness (QED) is 0.823. The zero-order valence-electron chi connectivity index (χ0n) is 11.0. The summed E-state index contributed by atoms with van der Waals surface area (Å²) in [5, 5.41) is 1.32. The molecule has 2 heterocycles. The normalized spacial score (nSPS) is 22.2. The summed E-state index contributed by atoms with van der Waals surface area (Å²) in [4.78, 5) is 8.92. The minimum atomic E-state index is 0.880. The third kappa shape index (κ3) is 3.11. The Bertz CT molecular complexity index is 360. The van der Waals surface area contributed by atoms with Gasteiger partial charge in [-0.15, -0.1) is 11.3 Å². The van der Waals surface area contributed by atoms with E-state index in [-0.39, 0.29) is 0 Å². The summed E-state index contributed by atoms with van der Waals surface area (Å²) in [6, 6.07) is 0. The molecule has 2 aliphatic rings. The van der Waals surface area contributed by atoms with E-state index in [9.17, 15) is 0 Å². The van der Waals surface area contributed by atoms with Crippen LogP contribution in [0.1, 0.15) is 41.3 Å². The molecular weight excluding hydrogens is 244 g/mol. The molecule has 1 aromatic heterocycles. The van der Waals surface area contributed by atoms with Gasteiger partial charge in [-0.25, -0.2) is 4.98 Å². The minimum absolute atomic E-state index is 0.880. The first-order chi connectivity index (χ1) is 8.92. The minimum Gasteiger partial charge on any atom is -0.379 e. The fraction of sp³-hybridized carbons (Fsp3) is 0.786. The number of aryl methyl sites for hydroxylation is 2. The van der Waals surface area contributed by atoms with Gasteiger partial charge < -0.3 is 4.74 Å². The van der Waals surface area contributed by atoms with Crippen LogP contribution in [0.2, 0.25) is 0 Å². The Kier molecular flexibility index (Phi) is 4.28. The predicted octanol–water partition coefficient (Wildman–Crippen LogP) is 2.63. The van der Waals surface area contributed by atoms with E-state index in [2.05, 4.69) is 4.90 Å². The van der Waals surface area contributed by atoms with E-state index >= 15 is 0 Å². The average molecular weight is 266 g/mol. The number of aromatic nitrogens is 1. The molecule has 0 unspecified atom stereocenters. The zero-order valence-corrected chi connectivity index (χ0v) is 11.8. The molecule has 0 radical (unpaired) electrons. The van der Waals surface area contributed by atoms with E-state index in [0.717, 1.165) is 32.8 Å². The van der Waals surface area contributed by atoms with Gasteiger partial charge in [0.1, 0.15) is 5.01 Å². The Hall–Kier alpha value is -0.450. The summed E-state index contributed by atoms with van der Waals surface area (Å²) in [7, 11) is 0. The van der Waals surface area contributed by atoms with Crippen LogP contribution in [0, 0.1) is 0 Å². The highest BCUT2D eigenvalue weighted by molar-refractivity contribution is 7.11. The van der Waals surface area contributed by atoms with Crippen LogP contribution in [0.15, 0.2) is 0 Å². The highest BCUT2D eigenvalue weighted by Gasteiger charge is 2.16. The average Bonchev–Trinajstić information content (AvgIpc) is 2.72. The number of fused-ring (bicyclic) bond motifs is 1. The van der Waals surface area contributed by atoms with Crippen molar-refractivity contribution in [3.05, 3.63) is 15.6 Å². The number of hydrogen-bond acceptors (Lipinski definition) is 4. The molecule has 0 spiro atoms. The van der Waals surface area contributed by atoms with Gasteiger partial charge in [0.25, 0.3) is 0 Å². The summed E-state index contributed by atoms with van der Waals surface area (Å²) in [6.45, 7) is 4.91. The van der Waals surface area contributed by atoms with Crippen LogP contribution in [0.25, 0.3) is 0 Å². The standard InChI is InChI=1S/C14H22N2OS/c1-2-4-6-13-12(5-3-1)15-14(18-13)11-16-7-9-17-10-8-16/h1-11H2. The molecule has 1 fully saturated rings. The molecule has 1 aliphatic heterocycles. The van der Waals surface area contributed by atoms with Crippen molar-refractivity contribution < 1.29 is 4.74 Å². The Morgan fingerprint density at radius 1 is 1.06 bits per heavy atom. The smallest absolute Gasteiger partial charge is 0.107 e. The zero-order chi connectivity index (χ0) is 12.2. The molecule has 4 heteroatoms. The van der Waals surface area contributed by atoms with Crippen LogP contribution in [0.3, 0.4) is 0 Å². The Balaban J connectivity index is 1.66. The third-order valence-corrected chi connectivity index (χ3v) is 4.99. The highest BCUT2D eigenvalue weighted by atomic mass is 32.1. The van der Waals surface area contributed by atoms with Crippen molar-refractivity contribution in [2.24, 2.45) is 0 Å².